The summed E-state index contributed by atoms with van der Waals surface area (Å²) < 4.78 is 6.70. The Morgan fingerprint density at radius 1 is 1.38 bits per heavy atom. The van der Waals surface area contributed by atoms with E-state index in [4.69, 9.17) is 4.42 Å². The lowest BCUT2D eigenvalue weighted by Gasteiger charge is -2.01. The second-order valence-electron chi connectivity index (χ2n) is 4.15. The van der Waals surface area contributed by atoms with Crippen molar-refractivity contribution in [2.75, 3.05) is 0 Å². The van der Waals surface area contributed by atoms with Crippen LogP contribution in [0.1, 0.15) is 28.0 Å². The number of rotatable bonds is 4. The normalized spacial score (nSPS) is 10.8. The number of aryl methyl sites for hydroxylation is 1. The fourth-order valence-electron chi connectivity index (χ4n) is 1.69. The minimum Gasteiger partial charge on any atom is -0.424 e. The first kappa shape index (κ1) is 13.4. The molecule has 21 heavy (non-hydrogen) atoms. The van der Waals surface area contributed by atoms with Gasteiger partial charge < -0.3 is 9.73 Å². The van der Waals surface area contributed by atoms with Crippen LogP contribution < -0.4 is 5.32 Å². The molecule has 0 aliphatic rings. The fourth-order valence-corrected chi connectivity index (χ4v) is 2.33. The van der Waals surface area contributed by atoms with Crippen LogP contribution in [0, 0.1) is 13.8 Å². The predicted molar refractivity (Wildman–Crippen MR) is 72.0 cm³/mol. The molecule has 1 N–H and O–H groups in total. The van der Waals surface area contributed by atoms with Crippen molar-refractivity contribution < 1.29 is 9.21 Å². The summed E-state index contributed by atoms with van der Waals surface area (Å²) in [6.45, 7) is 3.58. The summed E-state index contributed by atoms with van der Waals surface area (Å²) in [7, 11) is 0. The molecule has 0 aliphatic heterocycles. The van der Waals surface area contributed by atoms with Crippen molar-refractivity contribution in [2.24, 2.45) is 0 Å². The molecule has 3 aromatic rings. The van der Waals surface area contributed by atoms with Crippen LogP contribution in [-0.4, -0.2) is 36.1 Å². The van der Waals surface area contributed by atoms with E-state index >= 15 is 0 Å². The summed E-state index contributed by atoms with van der Waals surface area (Å²) in [5.74, 6) is 0.433. The highest BCUT2D eigenvalue weighted by Gasteiger charge is 2.18. The monoisotopic (exact) mass is 305 g/mol. The molecule has 0 spiro atoms. The van der Waals surface area contributed by atoms with E-state index in [1.807, 2.05) is 5.38 Å². The smallest absolute Gasteiger partial charge is 0.274 e. The van der Waals surface area contributed by atoms with Gasteiger partial charge >= 0.3 is 0 Å². The van der Waals surface area contributed by atoms with Crippen molar-refractivity contribution >= 4 is 17.2 Å². The number of carbonyl (C=O) groups is 1. The first-order valence-electron chi connectivity index (χ1n) is 6.04. The Bertz CT molecular complexity index is 761. The van der Waals surface area contributed by atoms with Crippen molar-refractivity contribution in [3.8, 4) is 5.13 Å². The highest BCUT2D eigenvalue weighted by molar-refractivity contribution is 7.12. The molecule has 0 aromatic carbocycles. The maximum atomic E-state index is 12.1. The van der Waals surface area contributed by atoms with Gasteiger partial charge in [-0.1, -0.05) is 5.21 Å². The van der Waals surface area contributed by atoms with E-state index in [2.05, 4.69) is 30.8 Å². The molecule has 0 fully saturated rings. The number of hydrogen-bond donors (Lipinski definition) is 1. The van der Waals surface area contributed by atoms with Crippen molar-refractivity contribution in [3.63, 3.8) is 0 Å². The van der Waals surface area contributed by atoms with Crippen LogP contribution >= 0.6 is 11.3 Å². The van der Waals surface area contributed by atoms with Gasteiger partial charge in [0.2, 0.25) is 16.9 Å². The van der Waals surface area contributed by atoms with Gasteiger partial charge in [-0.2, -0.15) is 4.68 Å². The lowest BCUT2D eigenvalue weighted by Crippen LogP contribution is -2.24. The zero-order valence-corrected chi connectivity index (χ0v) is 12.1. The van der Waals surface area contributed by atoms with Crippen molar-refractivity contribution in [1.82, 2.24) is 35.5 Å². The van der Waals surface area contributed by atoms with Gasteiger partial charge in [0.15, 0.2) is 5.69 Å². The third-order valence-corrected chi connectivity index (χ3v) is 3.43. The molecule has 0 saturated carbocycles. The van der Waals surface area contributed by atoms with Crippen molar-refractivity contribution in [3.05, 3.63) is 34.7 Å². The maximum absolute atomic E-state index is 12.1. The third-order valence-electron chi connectivity index (χ3n) is 2.68. The average molecular weight is 305 g/mol. The van der Waals surface area contributed by atoms with Crippen LogP contribution in [0.15, 0.2) is 16.0 Å². The molecule has 9 nitrogen and oxygen atoms in total. The molecular weight excluding hydrogens is 294 g/mol. The SMILES string of the molecule is Cc1nnc(CNC(=O)c2nnn(-c3nccs3)c2C)o1. The molecular formula is C11H11N7O2S. The number of hydrogen-bond acceptors (Lipinski definition) is 8. The standard InChI is InChI=1S/C11H11N7O2S/c1-6-9(16-17-18(6)11-12-3-4-21-11)10(19)13-5-8-15-14-7(2)20-8/h3-4H,5H2,1-2H3,(H,13,19). The Morgan fingerprint density at radius 3 is 2.90 bits per heavy atom. The quantitative estimate of drug-likeness (QED) is 0.753. The largest absolute Gasteiger partial charge is 0.424 e. The van der Waals surface area contributed by atoms with E-state index < -0.39 is 0 Å². The van der Waals surface area contributed by atoms with Crippen LogP contribution in [0.4, 0.5) is 0 Å². The molecule has 3 rings (SSSR count). The predicted octanol–water partition coefficient (Wildman–Crippen LogP) is 0.654. The summed E-state index contributed by atoms with van der Waals surface area (Å²) in [6.07, 6.45) is 1.67. The Kier molecular flexibility index (Phi) is 3.44. The average Bonchev–Trinajstić information content (AvgIpc) is 3.17. The van der Waals surface area contributed by atoms with Crippen LogP contribution in [-0.2, 0) is 6.54 Å². The number of nitrogens with zero attached hydrogens (tertiary/aromatic N) is 6. The molecule has 3 aromatic heterocycles. The summed E-state index contributed by atoms with van der Waals surface area (Å²) in [6, 6.07) is 0. The molecule has 1 amide bonds. The van der Waals surface area contributed by atoms with Gasteiger partial charge in [0.25, 0.3) is 5.91 Å². The lowest BCUT2D eigenvalue weighted by molar-refractivity contribution is 0.0941. The Hall–Kier alpha value is -2.62. The number of thiazole rings is 1. The zero-order valence-electron chi connectivity index (χ0n) is 11.3. The van der Waals surface area contributed by atoms with E-state index in [0.717, 1.165) is 0 Å². The molecule has 0 radical (unpaired) electrons. The molecule has 0 bridgehead atoms. The Labute approximate surface area is 123 Å². The maximum Gasteiger partial charge on any atom is 0.274 e. The molecule has 108 valence electrons. The number of aromatic nitrogens is 6. The summed E-state index contributed by atoms with van der Waals surface area (Å²) >= 11 is 1.41. The van der Waals surface area contributed by atoms with E-state index in [0.29, 0.717) is 22.6 Å². The van der Waals surface area contributed by atoms with Gasteiger partial charge in [0, 0.05) is 18.5 Å². The number of amides is 1. The molecule has 10 heteroatoms. The minimum atomic E-state index is -0.355. The second kappa shape index (κ2) is 5.40. The Balaban J connectivity index is 1.73. The molecule has 0 saturated heterocycles. The van der Waals surface area contributed by atoms with Crippen LogP contribution in [0.5, 0.6) is 0 Å². The molecule has 3 heterocycles. The van der Waals surface area contributed by atoms with Gasteiger partial charge in [0.1, 0.15) is 0 Å². The van der Waals surface area contributed by atoms with E-state index in [-0.39, 0.29) is 18.1 Å². The number of carbonyl (C=O) groups excluding carboxylic acids is 1. The number of nitrogens with one attached hydrogen (secondary N) is 1. The van der Waals surface area contributed by atoms with Crippen LogP contribution in [0.25, 0.3) is 5.13 Å². The van der Waals surface area contributed by atoms with E-state index in [1.54, 1.807) is 20.0 Å². The van der Waals surface area contributed by atoms with Crippen molar-refractivity contribution in [2.45, 2.75) is 20.4 Å². The van der Waals surface area contributed by atoms with Gasteiger partial charge in [0.05, 0.1) is 12.2 Å². The van der Waals surface area contributed by atoms with E-state index in [9.17, 15) is 4.79 Å². The van der Waals surface area contributed by atoms with E-state index in [1.165, 1.54) is 16.0 Å². The Morgan fingerprint density at radius 2 is 2.24 bits per heavy atom. The molecule has 0 atom stereocenters. The first-order valence-corrected chi connectivity index (χ1v) is 6.92. The van der Waals surface area contributed by atoms with Gasteiger partial charge in [-0.3, -0.25) is 4.79 Å². The zero-order chi connectivity index (χ0) is 14.8. The summed E-state index contributed by atoms with van der Waals surface area (Å²) in [4.78, 5) is 16.2. The molecule has 0 unspecified atom stereocenters. The van der Waals surface area contributed by atoms with Gasteiger partial charge in [-0.25, -0.2) is 4.98 Å². The van der Waals surface area contributed by atoms with Gasteiger partial charge in [-0.05, 0) is 6.92 Å². The van der Waals surface area contributed by atoms with Crippen LogP contribution in [0.3, 0.4) is 0 Å². The topological polar surface area (TPSA) is 112 Å². The third kappa shape index (κ3) is 2.65. The van der Waals surface area contributed by atoms with Crippen molar-refractivity contribution in [1.29, 1.82) is 0 Å². The van der Waals surface area contributed by atoms with Crippen LogP contribution in [0.2, 0.25) is 0 Å². The highest BCUT2D eigenvalue weighted by Crippen LogP contribution is 2.14. The first-order chi connectivity index (χ1) is 10.1. The summed E-state index contributed by atoms with van der Waals surface area (Å²) in [5.41, 5.74) is 0.852. The highest BCUT2D eigenvalue weighted by atomic mass is 32.1. The fraction of sp³-hybridized carbons (Fsp3) is 0.273. The summed E-state index contributed by atoms with van der Waals surface area (Å²) in [5, 5.41) is 20.5. The second-order valence-corrected chi connectivity index (χ2v) is 5.02. The van der Waals surface area contributed by atoms with Gasteiger partial charge in [-0.15, -0.1) is 26.6 Å². The molecule has 0 aliphatic carbocycles. The minimum absolute atomic E-state index is 0.142. The lowest BCUT2D eigenvalue weighted by atomic mass is 10.3.